The van der Waals surface area contributed by atoms with Gasteiger partial charge in [0, 0.05) is 5.69 Å². The Labute approximate surface area is 127 Å². The summed E-state index contributed by atoms with van der Waals surface area (Å²) < 4.78 is 10.3. The third kappa shape index (κ3) is 5.45. The van der Waals surface area contributed by atoms with Gasteiger partial charge in [-0.15, -0.1) is 0 Å². The Morgan fingerprint density at radius 1 is 1.30 bits per heavy atom. The van der Waals surface area contributed by atoms with Gasteiger partial charge < -0.3 is 14.6 Å². The van der Waals surface area contributed by atoms with Crippen LogP contribution in [0.2, 0.25) is 10.0 Å². The van der Waals surface area contributed by atoms with Crippen LogP contribution in [0, 0.1) is 0 Å². The van der Waals surface area contributed by atoms with Crippen LogP contribution < -0.4 is 10.1 Å². The minimum absolute atomic E-state index is 0.0816. The van der Waals surface area contributed by atoms with E-state index < -0.39 is 11.7 Å². The summed E-state index contributed by atoms with van der Waals surface area (Å²) in [6.45, 7) is 5.22. The van der Waals surface area contributed by atoms with Crippen molar-refractivity contribution in [1.82, 2.24) is 0 Å². The first-order valence-electron chi connectivity index (χ1n) is 5.95. The van der Waals surface area contributed by atoms with Crippen molar-refractivity contribution in [1.29, 1.82) is 0 Å². The zero-order valence-electron chi connectivity index (χ0n) is 11.5. The number of hydrogen-bond donors (Lipinski definition) is 2. The summed E-state index contributed by atoms with van der Waals surface area (Å²) in [4.78, 5) is 11.6. The second-order valence-corrected chi connectivity index (χ2v) is 5.78. The molecule has 0 heterocycles. The number of hydrogen-bond acceptors (Lipinski definition) is 4. The molecule has 2 N–H and O–H groups in total. The van der Waals surface area contributed by atoms with E-state index >= 15 is 0 Å². The van der Waals surface area contributed by atoms with Gasteiger partial charge >= 0.3 is 6.09 Å². The van der Waals surface area contributed by atoms with E-state index in [4.69, 9.17) is 37.8 Å². The highest BCUT2D eigenvalue weighted by molar-refractivity contribution is 6.37. The molecule has 0 fully saturated rings. The number of carbonyl (C=O) groups excluding carboxylic acids is 1. The summed E-state index contributed by atoms with van der Waals surface area (Å²) in [5.74, 6) is 0.261. The molecule has 7 heteroatoms. The number of amides is 1. The molecular weight excluding hydrogens is 305 g/mol. The van der Waals surface area contributed by atoms with Crippen LogP contribution in [0.3, 0.4) is 0 Å². The Morgan fingerprint density at radius 2 is 1.85 bits per heavy atom. The molecule has 0 saturated heterocycles. The van der Waals surface area contributed by atoms with Crippen LogP contribution in [0.15, 0.2) is 12.1 Å². The summed E-state index contributed by atoms with van der Waals surface area (Å²) >= 11 is 12.0. The van der Waals surface area contributed by atoms with E-state index in [1.165, 1.54) is 12.1 Å². The maximum atomic E-state index is 11.6. The number of rotatable bonds is 4. The molecule has 0 aliphatic heterocycles. The van der Waals surface area contributed by atoms with Crippen LogP contribution in [0.5, 0.6) is 5.75 Å². The molecule has 0 spiro atoms. The molecule has 20 heavy (non-hydrogen) atoms. The quantitative estimate of drug-likeness (QED) is 0.887. The van der Waals surface area contributed by atoms with Gasteiger partial charge in [-0.25, -0.2) is 4.79 Å². The zero-order valence-corrected chi connectivity index (χ0v) is 13.0. The number of carbonyl (C=O) groups is 1. The van der Waals surface area contributed by atoms with E-state index in [0.717, 1.165) is 0 Å². The molecule has 0 aliphatic carbocycles. The molecule has 1 aromatic carbocycles. The Morgan fingerprint density at radius 3 is 2.30 bits per heavy atom. The summed E-state index contributed by atoms with van der Waals surface area (Å²) in [6, 6.07) is 2.98. The van der Waals surface area contributed by atoms with Crippen molar-refractivity contribution in [3.8, 4) is 5.75 Å². The van der Waals surface area contributed by atoms with Gasteiger partial charge in [-0.1, -0.05) is 23.2 Å². The van der Waals surface area contributed by atoms with Gasteiger partial charge in [-0.3, -0.25) is 5.32 Å². The van der Waals surface area contributed by atoms with Crippen LogP contribution in [0.1, 0.15) is 20.8 Å². The highest BCUT2D eigenvalue weighted by atomic mass is 35.5. The lowest BCUT2D eigenvalue weighted by Crippen LogP contribution is -2.27. The lowest BCUT2D eigenvalue weighted by atomic mass is 10.2. The summed E-state index contributed by atoms with van der Waals surface area (Å²) in [7, 11) is 0. The van der Waals surface area contributed by atoms with Crippen molar-refractivity contribution < 1.29 is 19.4 Å². The smallest absolute Gasteiger partial charge is 0.412 e. The van der Waals surface area contributed by atoms with E-state index in [-0.39, 0.29) is 29.0 Å². The number of halogens is 2. The molecule has 0 bridgehead atoms. The van der Waals surface area contributed by atoms with Crippen LogP contribution in [-0.4, -0.2) is 30.0 Å². The van der Waals surface area contributed by atoms with Gasteiger partial charge in [-0.05, 0) is 32.9 Å². The molecule has 1 aromatic rings. The molecule has 0 aromatic heterocycles. The predicted molar refractivity (Wildman–Crippen MR) is 78.9 cm³/mol. The molecule has 1 rings (SSSR count). The first kappa shape index (κ1) is 16.9. The molecule has 5 nitrogen and oxygen atoms in total. The lowest BCUT2D eigenvalue weighted by Gasteiger charge is -2.20. The highest BCUT2D eigenvalue weighted by Gasteiger charge is 2.17. The van der Waals surface area contributed by atoms with Crippen molar-refractivity contribution in [2.45, 2.75) is 26.4 Å². The van der Waals surface area contributed by atoms with E-state index in [2.05, 4.69) is 5.32 Å². The minimum Gasteiger partial charge on any atom is -0.488 e. The number of aliphatic hydroxyl groups is 1. The van der Waals surface area contributed by atoms with Crippen molar-refractivity contribution in [2.24, 2.45) is 0 Å². The molecule has 0 unspecified atom stereocenters. The second kappa shape index (κ2) is 7.02. The number of anilines is 1. The first-order valence-corrected chi connectivity index (χ1v) is 6.71. The molecule has 0 radical (unpaired) electrons. The van der Waals surface area contributed by atoms with Gasteiger partial charge in [0.05, 0.1) is 16.7 Å². The summed E-state index contributed by atoms with van der Waals surface area (Å²) in [6.07, 6.45) is -0.603. The van der Waals surface area contributed by atoms with Crippen LogP contribution >= 0.6 is 23.2 Å². The predicted octanol–water partition coefficient (Wildman–Crippen LogP) is 3.71. The van der Waals surface area contributed by atoms with Crippen molar-refractivity contribution in [3.05, 3.63) is 22.2 Å². The summed E-state index contributed by atoms with van der Waals surface area (Å²) in [5.41, 5.74) is -0.201. The second-order valence-electron chi connectivity index (χ2n) is 4.97. The molecule has 112 valence electrons. The van der Waals surface area contributed by atoms with E-state index in [9.17, 15) is 4.79 Å². The highest BCUT2D eigenvalue weighted by Crippen LogP contribution is 2.36. The average Bonchev–Trinajstić information content (AvgIpc) is 2.25. The fourth-order valence-electron chi connectivity index (χ4n) is 1.34. The molecule has 0 aliphatic rings. The molecule has 1 amide bonds. The molecular formula is C13H17Cl2NO4. The fourth-order valence-corrected chi connectivity index (χ4v) is 1.94. The largest absolute Gasteiger partial charge is 0.488 e. The minimum atomic E-state index is -0.603. The van der Waals surface area contributed by atoms with E-state index in [1.807, 2.05) is 0 Å². The standard InChI is InChI=1S/C13H17Cl2NO4/c1-13(2,3)20-12(18)16-8-6-9(14)11(10(15)7-8)19-5-4-17/h6-7,17H,4-5H2,1-3H3,(H,16,18). The van der Waals surface area contributed by atoms with Gasteiger partial charge in [-0.2, -0.15) is 0 Å². The third-order valence-corrected chi connectivity index (χ3v) is 2.54. The molecule has 0 saturated carbocycles. The lowest BCUT2D eigenvalue weighted by molar-refractivity contribution is 0.0636. The van der Waals surface area contributed by atoms with E-state index in [1.54, 1.807) is 20.8 Å². The maximum Gasteiger partial charge on any atom is 0.412 e. The normalized spacial score (nSPS) is 11.1. The van der Waals surface area contributed by atoms with Crippen molar-refractivity contribution >= 4 is 35.0 Å². The molecule has 0 atom stereocenters. The Bertz CT molecular complexity index is 463. The summed E-state index contributed by atoms with van der Waals surface area (Å²) in [5, 5.41) is 11.7. The Balaban J connectivity index is 2.81. The zero-order chi connectivity index (χ0) is 15.3. The average molecular weight is 322 g/mol. The van der Waals surface area contributed by atoms with E-state index in [0.29, 0.717) is 5.69 Å². The topological polar surface area (TPSA) is 67.8 Å². The van der Waals surface area contributed by atoms with Crippen LogP contribution in [0.25, 0.3) is 0 Å². The first-order chi connectivity index (χ1) is 9.23. The maximum absolute atomic E-state index is 11.6. The SMILES string of the molecule is CC(C)(C)OC(=O)Nc1cc(Cl)c(OCCO)c(Cl)c1. The Kier molecular flexibility index (Phi) is 5.92. The van der Waals surface area contributed by atoms with Crippen molar-refractivity contribution in [3.63, 3.8) is 0 Å². The fraction of sp³-hybridized carbons (Fsp3) is 0.462. The van der Waals surface area contributed by atoms with Gasteiger partial charge in [0.15, 0.2) is 5.75 Å². The van der Waals surface area contributed by atoms with Gasteiger partial charge in [0.1, 0.15) is 12.2 Å². The van der Waals surface area contributed by atoms with Crippen LogP contribution in [0.4, 0.5) is 10.5 Å². The monoisotopic (exact) mass is 321 g/mol. The number of benzene rings is 1. The number of nitrogens with one attached hydrogen (secondary N) is 1. The third-order valence-electron chi connectivity index (χ3n) is 1.98. The number of ether oxygens (including phenoxy) is 2. The van der Waals surface area contributed by atoms with Gasteiger partial charge in [0.25, 0.3) is 0 Å². The van der Waals surface area contributed by atoms with Crippen LogP contribution in [-0.2, 0) is 4.74 Å². The Hall–Kier alpha value is -1.17. The van der Waals surface area contributed by atoms with Crippen molar-refractivity contribution in [2.75, 3.05) is 18.5 Å². The van der Waals surface area contributed by atoms with Gasteiger partial charge in [0.2, 0.25) is 0 Å². The number of aliphatic hydroxyl groups excluding tert-OH is 1.